The summed E-state index contributed by atoms with van der Waals surface area (Å²) in [4.78, 5) is 0. The lowest BCUT2D eigenvalue weighted by atomic mass is 9.79. The van der Waals surface area contributed by atoms with E-state index < -0.39 is 21.3 Å². The molecular weight excluding hydrogens is 299 g/mol. The molecule has 2 rings (SSSR count). The van der Waals surface area contributed by atoms with Gasteiger partial charge >= 0.3 is 14.9 Å². The molecule has 2 atom stereocenters. The first kappa shape index (κ1) is 17.2. The maximum atomic E-state index is 12.7. The maximum Gasteiger partial charge on any atom is 0.427 e. The Morgan fingerprint density at radius 1 is 1.05 bits per heavy atom. The molecule has 0 N–H and O–H groups in total. The van der Waals surface area contributed by atoms with Crippen molar-refractivity contribution in [2.24, 2.45) is 5.92 Å². The van der Waals surface area contributed by atoms with Gasteiger partial charge in [-0.3, -0.25) is 4.57 Å². The largest absolute Gasteiger partial charge is 0.427 e. The van der Waals surface area contributed by atoms with Crippen LogP contribution in [0.25, 0.3) is 0 Å². The minimum atomic E-state index is -4.16. The monoisotopic (exact) mass is 325 g/mol. The van der Waals surface area contributed by atoms with Crippen LogP contribution in [-0.4, -0.2) is 46.3 Å². The van der Waals surface area contributed by atoms with Crippen molar-refractivity contribution in [1.82, 2.24) is 4.57 Å². The molecule has 0 radical (unpaired) electrons. The second-order valence-corrected chi connectivity index (χ2v) is 9.50. The molecule has 1 aliphatic heterocycles. The Labute approximate surface area is 126 Å². The average Bonchev–Trinajstić information content (AvgIpc) is 2.48. The van der Waals surface area contributed by atoms with Crippen LogP contribution < -0.4 is 0 Å². The number of piperidine rings is 1. The van der Waals surface area contributed by atoms with E-state index in [9.17, 15) is 13.2 Å². The van der Waals surface area contributed by atoms with Gasteiger partial charge in [0, 0.05) is 32.7 Å². The molecule has 21 heavy (non-hydrogen) atoms. The highest BCUT2D eigenvalue weighted by molar-refractivity contribution is 6.64. The van der Waals surface area contributed by atoms with Gasteiger partial charge in [0.2, 0.25) is 0 Å². The third-order valence-electron chi connectivity index (χ3n) is 5.04. The summed E-state index contributed by atoms with van der Waals surface area (Å²) in [6.07, 6.45) is 1.91. The Hall–Kier alpha value is -0.113. The third kappa shape index (κ3) is 4.00. The number of hydrogen-bond acceptors (Lipinski definition) is 3. The first-order valence-electron chi connectivity index (χ1n) is 7.85. The van der Waals surface area contributed by atoms with E-state index in [1.807, 2.05) is 0 Å². The average molecular weight is 325 g/mol. The van der Waals surface area contributed by atoms with Crippen molar-refractivity contribution in [1.29, 1.82) is 0 Å². The standard InChI is InChI=1S/C14H26F3NO2Si/c1-19-21(20-2,11-9-14(15,16)17)18-10-5-7-12-6-3-4-8-13(12)18/h12-13H,3-11H2,1-2H3. The van der Waals surface area contributed by atoms with Gasteiger partial charge < -0.3 is 8.85 Å². The minimum Gasteiger partial charge on any atom is -0.386 e. The van der Waals surface area contributed by atoms with Crippen molar-refractivity contribution in [2.75, 3.05) is 20.8 Å². The Bertz CT molecular complexity index is 335. The van der Waals surface area contributed by atoms with Gasteiger partial charge in [-0.05, 0) is 38.1 Å². The lowest BCUT2D eigenvalue weighted by molar-refractivity contribution is -0.132. The summed E-state index contributed by atoms with van der Waals surface area (Å²) in [7, 11) is 0.0776. The molecule has 0 aromatic heterocycles. The van der Waals surface area contributed by atoms with E-state index in [0.717, 1.165) is 25.8 Å². The van der Waals surface area contributed by atoms with Crippen LogP contribution in [0.2, 0.25) is 6.04 Å². The van der Waals surface area contributed by atoms with Gasteiger partial charge in [-0.25, -0.2) is 0 Å². The molecule has 0 aromatic carbocycles. The quantitative estimate of drug-likeness (QED) is 0.717. The second kappa shape index (κ2) is 6.98. The number of hydrogen-bond donors (Lipinski definition) is 0. The third-order valence-corrected chi connectivity index (χ3v) is 8.63. The zero-order valence-corrected chi connectivity index (χ0v) is 13.9. The Balaban J connectivity index is 2.14. The molecule has 0 spiro atoms. The van der Waals surface area contributed by atoms with Crippen LogP contribution in [0.5, 0.6) is 0 Å². The fourth-order valence-corrected chi connectivity index (χ4v) is 7.29. The fraction of sp³-hybridized carbons (Fsp3) is 1.00. The molecule has 2 unspecified atom stereocenters. The fourth-order valence-electron chi connectivity index (χ4n) is 4.01. The lowest BCUT2D eigenvalue weighted by Gasteiger charge is -2.50. The highest BCUT2D eigenvalue weighted by Gasteiger charge is 2.51. The van der Waals surface area contributed by atoms with Gasteiger partial charge in [0.05, 0.1) is 0 Å². The van der Waals surface area contributed by atoms with Crippen molar-refractivity contribution in [2.45, 2.75) is 63.2 Å². The van der Waals surface area contributed by atoms with E-state index in [4.69, 9.17) is 8.85 Å². The lowest BCUT2D eigenvalue weighted by Crippen LogP contribution is -2.65. The highest BCUT2D eigenvalue weighted by atomic mass is 28.4. The van der Waals surface area contributed by atoms with Crippen molar-refractivity contribution in [3.05, 3.63) is 0 Å². The first-order valence-corrected chi connectivity index (χ1v) is 9.83. The zero-order valence-electron chi connectivity index (χ0n) is 12.9. The molecule has 1 aliphatic carbocycles. The Morgan fingerprint density at radius 2 is 1.67 bits per heavy atom. The normalized spacial score (nSPS) is 28.4. The summed E-state index contributed by atoms with van der Waals surface area (Å²) in [5, 5.41) is 0. The second-order valence-electron chi connectivity index (χ2n) is 6.18. The summed E-state index contributed by atoms with van der Waals surface area (Å²) in [5.41, 5.74) is 0. The van der Waals surface area contributed by atoms with Crippen LogP contribution >= 0.6 is 0 Å². The maximum absolute atomic E-state index is 12.7. The van der Waals surface area contributed by atoms with E-state index in [1.165, 1.54) is 33.5 Å². The topological polar surface area (TPSA) is 21.7 Å². The minimum absolute atomic E-state index is 0.0350. The molecule has 124 valence electrons. The van der Waals surface area contributed by atoms with E-state index in [-0.39, 0.29) is 6.04 Å². The van der Waals surface area contributed by atoms with Crippen LogP contribution in [0, 0.1) is 5.92 Å². The molecule has 1 saturated heterocycles. The van der Waals surface area contributed by atoms with Crippen molar-refractivity contribution >= 4 is 8.72 Å². The van der Waals surface area contributed by atoms with Gasteiger partial charge in [0.1, 0.15) is 0 Å². The summed E-state index contributed by atoms with van der Waals surface area (Å²) in [6.45, 7) is 0.812. The van der Waals surface area contributed by atoms with Gasteiger partial charge in [0.25, 0.3) is 0 Å². The summed E-state index contributed by atoms with van der Waals surface area (Å²) in [5.74, 6) is 0.607. The van der Waals surface area contributed by atoms with Crippen LogP contribution in [0.15, 0.2) is 0 Å². The van der Waals surface area contributed by atoms with E-state index >= 15 is 0 Å². The molecule has 0 amide bonds. The SMILES string of the molecule is CO[Si](CCC(F)(F)F)(OC)N1CCCC2CCCCC21. The van der Waals surface area contributed by atoms with Crippen LogP contribution in [0.1, 0.15) is 44.9 Å². The van der Waals surface area contributed by atoms with E-state index in [1.54, 1.807) is 0 Å². The Kier molecular flexibility index (Phi) is 5.73. The number of alkyl halides is 3. The molecular formula is C14H26F3NO2Si. The predicted molar refractivity (Wildman–Crippen MR) is 76.9 cm³/mol. The van der Waals surface area contributed by atoms with Gasteiger partial charge in [0.15, 0.2) is 0 Å². The number of fused-ring (bicyclic) bond motifs is 1. The van der Waals surface area contributed by atoms with Crippen molar-refractivity contribution in [3.8, 4) is 0 Å². The number of halogens is 3. The number of nitrogens with zero attached hydrogens (tertiary/aromatic N) is 1. The van der Waals surface area contributed by atoms with Crippen LogP contribution in [-0.2, 0) is 8.85 Å². The molecule has 3 nitrogen and oxygen atoms in total. The van der Waals surface area contributed by atoms with Crippen molar-refractivity contribution in [3.63, 3.8) is 0 Å². The van der Waals surface area contributed by atoms with Crippen LogP contribution in [0.4, 0.5) is 13.2 Å². The van der Waals surface area contributed by atoms with Gasteiger partial charge in [-0.1, -0.05) is 12.8 Å². The summed E-state index contributed by atoms with van der Waals surface area (Å²) in [6, 6.07) is 0.319. The molecule has 0 bridgehead atoms. The van der Waals surface area contributed by atoms with Crippen LogP contribution in [0.3, 0.4) is 0 Å². The molecule has 2 aliphatic rings. The first-order chi connectivity index (χ1) is 9.92. The number of rotatable bonds is 5. The van der Waals surface area contributed by atoms with Gasteiger partial charge in [-0.2, -0.15) is 13.2 Å². The molecule has 0 aromatic rings. The molecule has 2 fully saturated rings. The van der Waals surface area contributed by atoms with E-state index in [0.29, 0.717) is 12.0 Å². The van der Waals surface area contributed by atoms with Crippen molar-refractivity contribution < 1.29 is 22.0 Å². The molecule has 1 saturated carbocycles. The zero-order chi connectivity index (χ0) is 15.5. The summed E-state index contributed by atoms with van der Waals surface area (Å²) < 4.78 is 51.4. The van der Waals surface area contributed by atoms with E-state index in [2.05, 4.69) is 4.57 Å². The highest BCUT2D eigenvalue weighted by Crippen LogP contribution is 2.40. The molecule has 1 heterocycles. The van der Waals surface area contributed by atoms with Gasteiger partial charge in [-0.15, -0.1) is 0 Å². The predicted octanol–water partition coefficient (Wildman–Crippen LogP) is 3.83. The Morgan fingerprint density at radius 3 is 2.29 bits per heavy atom. The smallest absolute Gasteiger partial charge is 0.386 e. The summed E-state index contributed by atoms with van der Waals surface area (Å²) >= 11 is 0. The molecule has 7 heteroatoms.